The van der Waals surface area contributed by atoms with Crippen molar-refractivity contribution >= 4 is 10.0 Å². The fourth-order valence-electron chi connectivity index (χ4n) is 1.42. The van der Waals surface area contributed by atoms with Gasteiger partial charge in [0.2, 0.25) is 10.0 Å². The second-order valence-electron chi connectivity index (χ2n) is 4.00. The zero-order valence-corrected chi connectivity index (χ0v) is 10.4. The van der Waals surface area contributed by atoms with Gasteiger partial charge < -0.3 is 5.73 Å². The van der Waals surface area contributed by atoms with Gasteiger partial charge in [-0.25, -0.2) is 13.1 Å². The lowest BCUT2D eigenvalue weighted by Crippen LogP contribution is -2.38. The molecule has 1 atom stereocenters. The first-order valence-corrected chi connectivity index (χ1v) is 6.84. The number of hydrogen-bond donors (Lipinski definition) is 2. The largest absolute Gasteiger partial charge is 0.329 e. The summed E-state index contributed by atoms with van der Waals surface area (Å²) in [5, 5.41) is 0. The van der Waals surface area contributed by atoms with Crippen LogP contribution in [0.4, 0.5) is 0 Å². The quantitative estimate of drug-likeness (QED) is 0.800. The summed E-state index contributed by atoms with van der Waals surface area (Å²) in [6, 6.07) is 7.24. The van der Waals surface area contributed by atoms with Crippen molar-refractivity contribution in [3.63, 3.8) is 0 Å². The van der Waals surface area contributed by atoms with Crippen LogP contribution in [-0.4, -0.2) is 21.0 Å². The summed E-state index contributed by atoms with van der Waals surface area (Å²) in [6.07, 6.45) is 0. The summed E-state index contributed by atoms with van der Waals surface area (Å²) in [6.45, 7) is 3.98. The average molecular weight is 242 g/mol. The number of benzene rings is 1. The van der Waals surface area contributed by atoms with Crippen LogP contribution >= 0.6 is 0 Å². The third-order valence-electron chi connectivity index (χ3n) is 2.17. The molecule has 0 aromatic heterocycles. The van der Waals surface area contributed by atoms with Gasteiger partial charge in [0.25, 0.3) is 0 Å². The molecule has 0 heterocycles. The Bertz CT molecular complexity index is 443. The van der Waals surface area contributed by atoms with Crippen molar-refractivity contribution in [2.45, 2.75) is 25.6 Å². The van der Waals surface area contributed by atoms with Crippen molar-refractivity contribution < 1.29 is 8.42 Å². The van der Waals surface area contributed by atoms with Crippen molar-refractivity contribution in [1.29, 1.82) is 0 Å². The van der Waals surface area contributed by atoms with Crippen LogP contribution < -0.4 is 10.5 Å². The SMILES string of the molecule is Cc1cccc(CS(=O)(=O)N[C@@H](C)CN)c1. The molecule has 1 aromatic rings. The Kier molecular flexibility index (Phi) is 4.46. The fraction of sp³-hybridized carbons (Fsp3) is 0.455. The Morgan fingerprint density at radius 1 is 1.44 bits per heavy atom. The van der Waals surface area contributed by atoms with E-state index in [-0.39, 0.29) is 11.8 Å². The van der Waals surface area contributed by atoms with Crippen molar-refractivity contribution in [2.24, 2.45) is 5.73 Å². The molecule has 1 rings (SSSR count). The van der Waals surface area contributed by atoms with Gasteiger partial charge >= 0.3 is 0 Å². The van der Waals surface area contributed by atoms with E-state index in [0.717, 1.165) is 11.1 Å². The van der Waals surface area contributed by atoms with Gasteiger partial charge in [-0.15, -0.1) is 0 Å². The molecular formula is C11H18N2O2S. The molecular weight excluding hydrogens is 224 g/mol. The lowest BCUT2D eigenvalue weighted by Gasteiger charge is -2.12. The van der Waals surface area contributed by atoms with E-state index in [1.165, 1.54) is 0 Å². The van der Waals surface area contributed by atoms with Crippen LogP contribution in [0, 0.1) is 6.92 Å². The molecule has 90 valence electrons. The topological polar surface area (TPSA) is 72.2 Å². The fourth-order valence-corrected chi connectivity index (χ4v) is 2.83. The van der Waals surface area contributed by atoms with Gasteiger partial charge in [-0.2, -0.15) is 0 Å². The number of aryl methyl sites for hydroxylation is 1. The molecule has 0 spiro atoms. The summed E-state index contributed by atoms with van der Waals surface area (Å²) in [4.78, 5) is 0. The summed E-state index contributed by atoms with van der Waals surface area (Å²) >= 11 is 0. The Labute approximate surface area is 96.9 Å². The molecule has 0 radical (unpaired) electrons. The predicted molar refractivity (Wildman–Crippen MR) is 65.5 cm³/mol. The molecule has 0 amide bonds. The van der Waals surface area contributed by atoms with Gasteiger partial charge in [-0.05, 0) is 19.4 Å². The third-order valence-corrected chi connectivity index (χ3v) is 3.65. The van der Waals surface area contributed by atoms with E-state index in [1.807, 2.05) is 25.1 Å². The zero-order valence-electron chi connectivity index (χ0n) is 9.60. The maximum Gasteiger partial charge on any atom is 0.216 e. The van der Waals surface area contributed by atoms with Crippen molar-refractivity contribution in [3.05, 3.63) is 35.4 Å². The molecule has 0 saturated carbocycles. The van der Waals surface area contributed by atoms with E-state index >= 15 is 0 Å². The van der Waals surface area contributed by atoms with Crippen LogP contribution in [0.5, 0.6) is 0 Å². The first-order chi connectivity index (χ1) is 7.43. The number of hydrogen-bond acceptors (Lipinski definition) is 3. The first-order valence-electron chi connectivity index (χ1n) is 5.18. The van der Waals surface area contributed by atoms with Gasteiger partial charge in [0.1, 0.15) is 0 Å². The van der Waals surface area contributed by atoms with E-state index < -0.39 is 10.0 Å². The Morgan fingerprint density at radius 3 is 2.69 bits per heavy atom. The zero-order chi connectivity index (χ0) is 12.2. The highest BCUT2D eigenvalue weighted by atomic mass is 32.2. The number of sulfonamides is 1. The van der Waals surface area contributed by atoms with E-state index in [1.54, 1.807) is 13.0 Å². The van der Waals surface area contributed by atoms with E-state index in [0.29, 0.717) is 6.54 Å². The molecule has 5 heteroatoms. The summed E-state index contributed by atoms with van der Waals surface area (Å²) in [5.41, 5.74) is 7.21. The third kappa shape index (κ3) is 4.30. The van der Waals surface area contributed by atoms with Crippen LogP contribution in [0.15, 0.2) is 24.3 Å². The van der Waals surface area contributed by atoms with Crippen molar-refractivity contribution in [3.8, 4) is 0 Å². The molecule has 0 unspecified atom stereocenters. The van der Waals surface area contributed by atoms with Crippen LogP contribution in [0.2, 0.25) is 0 Å². The minimum absolute atomic E-state index is 0.000972. The van der Waals surface area contributed by atoms with Gasteiger partial charge in [-0.3, -0.25) is 0 Å². The Hall–Kier alpha value is -0.910. The Balaban J connectivity index is 2.73. The second-order valence-corrected chi connectivity index (χ2v) is 5.76. The molecule has 0 aliphatic rings. The smallest absolute Gasteiger partial charge is 0.216 e. The highest BCUT2D eigenvalue weighted by molar-refractivity contribution is 7.88. The molecule has 1 aromatic carbocycles. The minimum atomic E-state index is -3.29. The maximum atomic E-state index is 11.7. The molecule has 0 saturated heterocycles. The lowest BCUT2D eigenvalue weighted by molar-refractivity contribution is 0.562. The minimum Gasteiger partial charge on any atom is -0.329 e. The number of nitrogens with one attached hydrogen (secondary N) is 1. The number of rotatable bonds is 5. The molecule has 0 aliphatic heterocycles. The van der Waals surface area contributed by atoms with Crippen molar-refractivity contribution in [2.75, 3.05) is 6.54 Å². The molecule has 3 N–H and O–H groups in total. The van der Waals surface area contributed by atoms with Gasteiger partial charge in [-0.1, -0.05) is 29.8 Å². The first kappa shape index (κ1) is 13.2. The average Bonchev–Trinajstić information content (AvgIpc) is 2.15. The second kappa shape index (κ2) is 5.43. The van der Waals surface area contributed by atoms with E-state index in [2.05, 4.69) is 4.72 Å². The highest BCUT2D eigenvalue weighted by Crippen LogP contribution is 2.07. The summed E-state index contributed by atoms with van der Waals surface area (Å²) in [7, 11) is -3.29. The normalized spacial score (nSPS) is 13.7. The van der Waals surface area contributed by atoms with Crippen molar-refractivity contribution in [1.82, 2.24) is 4.72 Å². The summed E-state index contributed by atoms with van der Waals surface area (Å²) < 4.78 is 25.9. The van der Waals surface area contributed by atoms with Crippen LogP contribution in [0.3, 0.4) is 0 Å². The maximum absolute atomic E-state index is 11.7. The van der Waals surface area contributed by atoms with Gasteiger partial charge in [0, 0.05) is 12.6 Å². The Morgan fingerprint density at radius 2 is 2.12 bits per heavy atom. The molecule has 0 fully saturated rings. The van der Waals surface area contributed by atoms with Gasteiger partial charge in [0.15, 0.2) is 0 Å². The van der Waals surface area contributed by atoms with E-state index in [9.17, 15) is 8.42 Å². The van der Waals surface area contributed by atoms with E-state index in [4.69, 9.17) is 5.73 Å². The van der Waals surface area contributed by atoms with Crippen LogP contribution in [0.1, 0.15) is 18.1 Å². The predicted octanol–water partition coefficient (Wildman–Crippen LogP) is 0.762. The molecule has 4 nitrogen and oxygen atoms in total. The lowest BCUT2D eigenvalue weighted by atomic mass is 10.2. The van der Waals surface area contributed by atoms with Gasteiger partial charge in [0.05, 0.1) is 5.75 Å². The van der Waals surface area contributed by atoms with Crippen LogP contribution in [-0.2, 0) is 15.8 Å². The standard InChI is InChI=1S/C11H18N2O2S/c1-9-4-3-5-11(6-9)8-16(14,15)13-10(2)7-12/h3-6,10,13H,7-8,12H2,1-2H3/t10-/m0/s1. The molecule has 16 heavy (non-hydrogen) atoms. The van der Waals surface area contributed by atoms with Crippen LogP contribution in [0.25, 0.3) is 0 Å². The highest BCUT2D eigenvalue weighted by Gasteiger charge is 2.14. The molecule has 0 aliphatic carbocycles. The number of nitrogens with two attached hydrogens (primary N) is 1. The molecule has 0 bridgehead atoms. The monoisotopic (exact) mass is 242 g/mol. The summed E-state index contributed by atoms with van der Waals surface area (Å²) in [5.74, 6) is -0.000972.